The molecule has 0 unspecified atom stereocenters. The van der Waals surface area contributed by atoms with E-state index in [1.807, 2.05) is 0 Å². The highest BCUT2D eigenvalue weighted by atomic mass is 14.6. The van der Waals surface area contributed by atoms with E-state index in [0.717, 1.165) is 11.3 Å². The Labute approximate surface area is 157 Å². The number of nitriles is 1. The van der Waals surface area contributed by atoms with Crippen molar-refractivity contribution in [3.8, 4) is 6.07 Å². The summed E-state index contributed by atoms with van der Waals surface area (Å²) in [6, 6.07) is 2.78. The van der Waals surface area contributed by atoms with Crippen LogP contribution in [0.5, 0.6) is 0 Å². The topological polar surface area (TPSA) is 23.8 Å². The van der Waals surface area contributed by atoms with Crippen molar-refractivity contribution in [3.05, 3.63) is 0 Å². The van der Waals surface area contributed by atoms with Gasteiger partial charge in [0.1, 0.15) is 0 Å². The summed E-state index contributed by atoms with van der Waals surface area (Å²) in [6.07, 6.45) is 23.4. The maximum Gasteiger partial charge on any atom is 0.0689 e. The maximum atomic E-state index is 9.87. The third-order valence-corrected chi connectivity index (χ3v) is 8.79. The Kier molecular flexibility index (Phi) is 6.18. The summed E-state index contributed by atoms with van der Waals surface area (Å²) in [7, 11) is 0. The third-order valence-electron chi connectivity index (χ3n) is 8.79. The van der Waals surface area contributed by atoms with Crippen LogP contribution in [0.2, 0.25) is 0 Å². The fraction of sp³-hybridized carbons (Fsp3) is 0.958. The van der Waals surface area contributed by atoms with Crippen LogP contribution in [0.25, 0.3) is 0 Å². The Hall–Kier alpha value is -0.510. The lowest BCUT2D eigenvalue weighted by Crippen LogP contribution is -2.47. The molecule has 4 aliphatic rings. The van der Waals surface area contributed by atoms with Crippen molar-refractivity contribution >= 4 is 0 Å². The largest absolute Gasteiger partial charge is 0.198 e. The fourth-order valence-electron chi connectivity index (χ4n) is 6.90. The minimum atomic E-state index is 0.0379. The Morgan fingerprint density at radius 1 is 0.760 bits per heavy atom. The van der Waals surface area contributed by atoms with Crippen LogP contribution in [0.15, 0.2) is 0 Å². The van der Waals surface area contributed by atoms with E-state index in [1.54, 1.807) is 0 Å². The summed E-state index contributed by atoms with van der Waals surface area (Å²) >= 11 is 0. The highest BCUT2D eigenvalue weighted by Gasteiger charge is 2.52. The average Bonchev–Trinajstić information content (AvgIpc) is 2.67. The minimum Gasteiger partial charge on any atom is -0.198 e. The number of rotatable bonds is 8. The molecule has 1 heteroatoms. The van der Waals surface area contributed by atoms with Crippen molar-refractivity contribution in [2.45, 2.75) is 123 Å². The van der Waals surface area contributed by atoms with Crippen LogP contribution in [-0.4, -0.2) is 0 Å². The van der Waals surface area contributed by atoms with E-state index >= 15 is 0 Å². The molecule has 142 valence electrons. The molecular weight excluding hydrogens is 302 g/mol. The van der Waals surface area contributed by atoms with Crippen LogP contribution in [0.1, 0.15) is 123 Å². The highest BCUT2D eigenvalue weighted by Crippen LogP contribution is 2.64. The van der Waals surface area contributed by atoms with E-state index < -0.39 is 0 Å². The lowest BCUT2D eigenvalue weighted by Gasteiger charge is -2.58. The predicted molar refractivity (Wildman–Crippen MR) is 106 cm³/mol. The zero-order valence-corrected chi connectivity index (χ0v) is 17.0. The van der Waals surface area contributed by atoms with Gasteiger partial charge in [-0.2, -0.15) is 5.26 Å². The molecule has 0 heterocycles. The lowest BCUT2D eigenvalue weighted by atomic mass is 9.47. The molecule has 0 N–H and O–H groups in total. The molecule has 25 heavy (non-hydrogen) atoms. The Balaban J connectivity index is 1.53. The molecule has 0 spiro atoms. The molecule has 4 aliphatic carbocycles. The minimum absolute atomic E-state index is 0.0379. The van der Waals surface area contributed by atoms with Gasteiger partial charge in [0.05, 0.1) is 11.5 Å². The van der Waals surface area contributed by atoms with Gasteiger partial charge in [-0.25, -0.2) is 0 Å². The smallest absolute Gasteiger partial charge is 0.0689 e. The summed E-state index contributed by atoms with van der Waals surface area (Å²) in [6.45, 7) is 4.64. The molecule has 0 aliphatic heterocycles. The van der Waals surface area contributed by atoms with Crippen LogP contribution in [0, 0.1) is 33.5 Å². The van der Waals surface area contributed by atoms with Gasteiger partial charge >= 0.3 is 0 Å². The van der Waals surface area contributed by atoms with E-state index in [0.29, 0.717) is 5.41 Å². The number of nitrogens with zero attached hydrogens (tertiary/aromatic N) is 1. The highest BCUT2D eigenvalue weighted by molar-refractivity contribution is 5.07. The number of unbranched alkanes of at least 4 members (excludes halogenated alkanes) is 3. The summed E-state index contributed by atoms with van der Waals surface area (Å²) in [4.78, 5) is 0. The Morgan fingerprint density at radius 2 is 1.40 bits per heavy atom. The quantitative estimate of drug-likeness (QED) is 0.412. The van der Waals surface area contributed by atoms with E-state index in [4.69, 9.17) is 0 Å². The van der Waals surface area contributed by atoms with Crippen molar-refractivity contribution in [2.24, 2.45) is 22.2 Å². The summed E-state index contributed by atoms with van der Waals surface area (Å²) in [5.74, 6) is 0.935. The molecule has 0 aromatic rings. The van der Waals surface area contributed by atoms with Crippen LogP contribution >= 0.6 is 0 Å². The molecule has 1 nitrogen and oxygen atoms in total. The SMILES string of the molecule is CCCCCC[C@]1(C#N)CC[C@H](C23CCC(CCC)(CC2)CC3)CC1. The van der Waals surface area contributed by atoms with Crippen molar-refractivity contribution < 1.29 is 0 Å². The van der Waals surface area contributed by atoms with E-state index in [1.165, 1.54) is 109 Å². The average molecular weight is 344 g/mol. The summed E-state index contributed by atoms with van der Waals surface area (Å²) < 4.78 is 0. The second-order valence-electron chi connectivity index (χ2n) is 10.1. The van der Waals surface area contributed by atoms with Gasteiger partial charge in [0.25, 0.3) is 0 Å². The molecule has 0 saturated heterocycles. The molecule has 4 fully saturated rings. The monoisotopic (exact) mass is 343 g/mol. The molecule has 4 saturated carbocycles. The van der Waals surface area contributed by atoms with Crippen molar-refractivity contribution in [2.75, 3.05) is 0 Å². The lowest BCUT2D eigenvalue weighted by molar-refractivity contribution is -0.0684. The molecule has 4 rings (SSSR count). The molecule has 0 aromatic heterocycles. The first-order valence-corrected chi connectivity index (χ1v) is 11.5. The van der Waals surface area contributed by atoms with Crippen LogP contribution < -0.4 is 0 Å². The van der Waals surface area contributed by atoms with Crippen molar-refractivity contribution in [3.63, 3.8) is 0 Å². The molecular formula is C24H41N. The van der Waals surface area contributed by atoms with Gasteiger partial charge in [-0.15, -0.1) is 0 Å². The van der Waals surface area contributed by atoms with Crippen molar-refractivity contribution in [1.82, 2.24) is 0 Å². The van der Waals surface area contributed by atoms with Gasteiger partial charge < -0.3 is 0 Å². The fourth-order valence-corrected chi connectivity index (χ4v) is 6.90. The third kappa shape index (κ3) is 3.94. The van der Waals surface area contributed by atoms with Crippen LogP contribution in [-0.2, 0) is 0 Å². The summed E-state index contributed by atoms with van der Waals surface area (Å²) in [5.41, 5.74) is 1.45. The van der Waals surface area contributed by atoms with Gasteiger partial charge in [-0.05, 0) is 93.8 Å². The van der Waals surface area contributed by atoms with Crippen LogP contribution in [0.3, 0.4) is 0 Å². The first kappa shape index (κ1) is 19.3. The second kappa shape index (κ2) is 8.02. The van der Waals surface area contributed by atoms with Crippen LogP contribution in [0.4, 0.5) is 0 Å². The van der Waals surface area contributed by atoms with Gasteiger partial charge in [0.15, 0.2) is 0 Å². The molecule has 0 aromatic carbocycles. The predicted octanol–water partition coefficient (Wildman–Crippen LogP) is 7.80. The van der Waals surface area contributed by atoms with Gasteiger partial charge in [0.2, 0.25) is 0 Å². The van der Waals surface area contributed by atoms with E-state index in [-0.39, 0.29) is 5.41 Å². The molecule has 0 atom stereocenters. The Bertz CT molecular complexity index is 438. The normalized spacial score (nSPS) is 40.8. The number of hydrogen-bond acceptors (Lipinski definition) is 1. The van der Waals surface area contributed by atoms with E-state index in [9.17, 15) is 5.26 Å². The van der Waals surface area contributed by atoms with Gasteiger partial charge in [0, 0.05) is 0 Å². The van der Waals surface area contributed by atoms with Gasteiger partial charge in [-0.1, -0.05) is 46.0 Å². The van der Waals surface area contributed by atoms with Gasteiger partial charge in [-0.3, -0.25) is 0 Å². The first-order chi connectivity index (χ1) is 12.1. The number of fused-ring (bicyclic) bond motifs is 3. The van der Waals surface area contributed by atoms with E-state index in [2.05, 4.69) is 19.9 Å². The Morgan fingerprint density at radius 3 is 1.92 bits per heavy atom. The first-order valence-electron chi connectivity index (χ1n) is 11.5. The second-order valence-corrected chi connectivity index (χ2v) is 10.1. The molecule has 2 bridgehead atoms. The summed E-state index contributed by atoms with van der Waals surface area (Å²) in [5, 5.41) is 9.87. The maximum absolute atomic E-state index is 9.87. The molecule has 0 amide bonds. The zero-order valence-electron chi connectivity index (χ0n) is 17.0. The number of hydrogen-bond donors (Lipinski definition) is 0. The standard InChI is InChI=1S/C24H41N/c1-3-5-6-7-11-23(20-25)12-8-21(9-13-23)24-17-14-22(10-4-2,15-18-24)16-19-24/h21H,3-19H2,1-2H3/t21-,22?,23-,24?. The molecule has 0 radical (unpaired) electrons. The zero-order chi connectivity index (χ0) is 17.8. The van der Waals surface area contributed by atoms with Crippen molar-refractivity contribution in [1.29, 1.82) is 5.26 Å².